The summed E-state index contributed by atoms with van der Waals surface area (Å²) in [6.45, 7) is 1.65. The molecular weight excluding hydrogens is 298 g/mol. The van der Waals surface area contributed by atoms with E-state index < -0.39 is 5.97 Å². The van der Waals surface area contributed by atoms with Crippen LogP contribution in [0.1, 0.15) is 18.9 Å². The van der Waals surface area contributed by atoms with E-state index >= 15 is 0 Å². The zero-order valence-corrected chi connectivity index (χ0v) is 11.5. The highest BCUT2D eigenvalue weighted by Gasteiger charge is 2.08. The number of nitrogens with one attached hydrogen (secondary N) is 1. The molecule has 1 amide bonds. The molecule has 0 heterocycles. The molecular formula is C13H14BrNO3. The molecule has 1 atom stereocenters. The summed E-state index contributed by atoms with van der Waals surface area (Å²) in [6, 6.07) is 7.13. The van der Waals surface area contributed by atoms with Gasteiger partial charge in [0, 0.05) is 16.6 Å². The van der Waals surface area contributed by atoms with E-state index in [0.29, 0.717) is 0 Å². The van der Waals surface area contributed by atoms with Crippen LogP contribution < -0.4 is 5.32 Å². The summed E-state index contributed by atoms with van der Waals surface area (Å²) in [5.74, 6) is -1.23. The van der Waals surface area contributed by atoms with E-state index in [1.54, 1.807) is 13.0 Å². The van der Waals surface area contributed by atoms with Crippen LogP contribution in [0, 0.1) is 0 Å². The van der Waals surface area contributed by atoms with Crippen molar-refractivity contribution in [2.24, 2.45) is 0 Å². The molecule has 2 N–H and O–H groups in total. The van der Waals surface area contributed by atoms with Gasteiger partial charge in [0.25, 0.3) is 0 Å². The third-order valence-corrected chi connectivity index (χ3v) is 2.64. The van der Waals surface area contributed by atoms with Crippen LogP contribution in [0.25, 0.3) is 6.08 Å². The molecule has 0 spiro atoms. The molecule has 0 radical (unpaired) electrons. The van der Waals surface area contributed by atoms with Crippen molar-refractivity contribution in [2.45, 2.75) is 19.4 Å². The Labute approximate surface area is 114 Å². The molecule has 0 saturated carbocycles. The van der Waals surface area contributed by atoms with Gasteiger partial charge in [-0.15, -0.1) is 0 Å². The number of amides is 1. The molecule has 1 rings (SSSR count). The summed E-state index contributed by atoms with van der Waals surface area (Å²) >= 11 is 3.34. The van der Waals surface area contributed by atoms with Gasteiger partial charge in [0.05, 0.1) is 6.42 Å². The quantitative estimate of drug-likeness (QED) is 0.821. The highest BCUT2D eigenvalue weighted by Crippen LogP contribution is 2.12. The van der Waals surface area contributed by atoms with Crippen molar-refractivity contribution in [1.82, 2.24) is 5.32 Å². The number of halogens is 1. The minimum absolute atomic E-state index is 0.0868. The minimum Gasteiger partial charge on any atom is -0.481 e. The van der Waals surface area contributed by atoms with Crippen LogP contribution in [0.2, 0.25) is 0 Å². The monoisotopic (exact) mass is 311 g/mol. The molecule has 0 bridgehead atoms. The van der Waals surface area contributed by atoms with Gasteiger partial charge in [0.1, 0.15) is 0 Å². The van der Waals surface area contributed by atoms with Crippen molar-refractivity contribution in [3.05, 3.63) is 40.4 Å². The largest absolute Gasteiger partial charge is 0.481 e. The van der Waals surface area contributed by atoms with Crippen LogP contribution >= 0.6 is 15.9 Å². The number of carbonyl (C=O) groups is 2. The van der Waals surface area contributed by atoms with E-state index in [1.165, 1.54) is 6.08 Å². The van der Waals surface area contributed by atoms with Gasteiger partial charge < -0.3 is 10.4 Å². The molecule has 0 aliphatic rings. The number of rotatable bonds is 5. The van der Waals surface area contributed by atoms with E-state index in [1.807, 2.05) is 24.3 Å². The average Bonchev–Trinajstić information content (AvgIpc) is 2.25. The lowest BCUT2D eigenvalue weighted by molar-refractivity contribution is -0.137. The van der Waals surface area contributed by atoms with E-state index in [-0.39, 0.29) is 18.4 Å². The predicted octanol–water partition coefficient (Wildman–Crippen LogP) is 2.44. The molecule has 18 heavy (non-hydrogen) atoms. The molecule has 5 heteroatoms. The maximum Gasteiger partial charge on any atom is 0.305 e. The Morgan fingerprint density at radius 3 is 2.83 bits per heavy atom. The zero-order chi connectivity index (χ0) is 13.5. The van der Waals surface area contributed by atoms with E-state index in [9.17, 15) is 9.59 Å². The predicted molar refractivity (Wildman–Crippen MR) is 73.0 cm³/mol. The van der Waals surface area contributed by atoms with Crippen LogP contribution in [-0.2, 0) is 9.59 Å². The Bertz CT molecular complexity index is 471. The Morgan fingerprint density at radius 1 is 1.50 bits per heavy atom. The van der Waals surface area contributed by atoms with Crippen LogP contribution in [0.4, 0.5) is 0 Å². The molecule has 0 aromatic heterocycles. The number of hydrogen-bond acceptors (Lipinski definition) is 2. The van der Waals surface area contributed by atoms with Gasteiger partial charge in [-0.25, -0.2) is 0 Å². The van der Waals surface area contributed by atoms with Gasteiger partial charge in [-0.05, 0) is 30.7 Å². The second-order valence-corrected chi connectivity index (χ2v) is 4.81. The number of carboxylic acids is 1. The fourth-order valence-electron chi connectivity index (χ4n) is 1.39. The van der Waals surface area contributed by atoms with Gasteiger partial charge in [0.2, 0.25) is 5.91 Å². The molecule has 1 aromatic carbocycles. The topological polar surface area (TPSA) is 66.4 Å². The lowest BCUT2D eigenvalue weighted by Crippen LogP contribution is -2.32. The van der Waals surface area contributed by atoms with Crippen LogP contribution in [0.3, 0.4) is 0 Å². The summed E-state index contributed by atoms with van der Waals surface area (Å²) in [5.41, 5.74) is 0.894. The Morgan fingerprint density at radius 2 is 2.22 bits per heavy atom. The van der Waals surface area contributed by atoms with Crippen LogP contribution in [0.5, 0.6) is 0 Å². The lowest BCUT2D eigenvalue weighted by atomic mass is 10.2. The van der Waals surface area contributed by atoms with Crippen molar-refractivity contribution < 1.29 is 14.7 Å². The molecule has 0 aliphatic carbocycles. The van der Waals surface area contributed by atoms with Crippen LogP contribution in [0.15, 0.2) is 34.8 Å². The first kappa shape index (κ1) is 14.4. The standard InChI is InChI=1S/C13H14BrNO3/c1-9(7-13(17)18)15-12(16)6-5-10-3-2-4-11(14)8-10/h2-6,8-9H,7H2,1H3,(H,15,16)(H,17,18)/b6-5+. The molecule has 1 unspecified atom stereocenters. The summed E-state index contributed by atoms with van der Waals surface area (Å²) in [6.07, 6.45) is 2.98. The van der Waals surface area contributed by atoms with Gasteiger partial charge in [0.15, 0.2) is 0 Å². The fourth-order valence-corrected chi connectivity index (χ4v) is 1.80. The summed E-state index contributed by atoms with van der Waals surface area (Å²) in [5, 5.41) is 11.1. The first-order chi connectivity index (χ1) is 8.47. The van der Waals surface area contributed by atoms with Crippen molar-refractivity contribution in [3.63, 3.8) is 0 Å². The SMILES string of the molecule is CC(CC(=O)O)NC(=O)/C=C/c1cccc(Br)c1. The molecule has 4 nitrogen and oxygen atoms in total. The van der Waals surface area contributed by atoms with Crippen molar-refractivity contribution in [3.8, 4) is 0 Å². The molecule has 1 aromatic rings. The van der Waals surface area contributed by atoms with E-state index in [4.69, 9.17) is 5.11 Å². The number of carboxylic acid groups (broad SMARTS) is 1. The highest BCUT2D eigenvalue weighted by atomic mass is 79.9. The van der Waals surface area contributed by atoms with Gasteiger partial charge in [-0.2, -0.15) is 0 Å². The second-order valence-electron chi connectivity index (χ2n) is 3.90. The average molecular weight is 312 g/mol. The lowest BCUT2D eigenvalue weighted by Gasteiger charge is -2.08. The van der Waals surface area contributed by atoms with Crippen molar-refractivity contribution >= 4 is 33.9 Å². The van der Waals surface area contributed by atoms with Crippen LogP contribution in [-0.4, -0.2) is 23.0 Å². The van der Waals surface area contributed by atoms with E-state index in [0.717, 1.165) is 10.0 Å². The van der Waals surface area contributed by atoms with E-state index in [2.05, 4.69) is 21.2 Å². The summed E-state index contributed by atoms with van der Waals surface area (Å²) in [4.78, 5) is 21.9. The molecule has 0 fully saturated rings. The third kappa shape index (κ3) is 5.63. The normalized spacial score (nSPS) is 12.3. The Kier molecular flexibility index (Phi) is 5.58. The number of carbonyl (C=O) groups excluding carboxylic acids is 1. The van der Waals surface area contributed by atoms with Crippen molar-refractivity contribution in [2.75, 3.05) is 0 Å². The van der Waals surface area contributed by atoms with Crippen molar-refractivity contribution in [1.29, 1.82) is 0 Å². The minimum atomic E-state index is -0.932. The third-order valence-electron chi connectivity index (χ3n) is 2.15. The molecule has 0 aliphatic heterocycles. The first-order valence-corrected chi connectivity index (χ1v) is 6.22. The summed E-state index contributed by atoms with van der Waals surface area (Å²) < 4.78 is 0.935. The van der Waals surface area contributed by atoms with Gasteiger partial charge in [-0.1, -0.05) is 28.1 Å². The highest BCUT2D eigenvalue weighted by molar-refractivity contribution is 9.10. The zero-order valence-electron chi connectivity index (χ0n) is 9.89. The van der Waals surface area contributed by atoms with Gasteiger partial charge in [-0.3, -0.25) is 9.59 Å². The number of hydrogen-bond donors (Lipinski definition) is 2. The molecule has 96 valence electrons. The Hall–Kier alpha value is -1.62. The maximum atomic E-state index is 11.5. The summed E-state index contributed by atoms with van der Waals surface area (Å²) in [7, 11) is 0. The van der Waals surface area contributed by atoms with Gasteiger partial charge >= 0.3 is 5.97 Å². The smallest absolute Gasteiger partial charge is 0.305 e. The maximum absolute atomic E-state index is 11.5. The first-order valence-electron chi connectivity index (χ1n) is 5.43. The molecule has 0 saturated heterocycles. The number of benzene rings is 1. The number of aliphatic carboxylic acids is 1. The Balaban J connectivity index is 2.52. The second kappa shape index (κ2) is 6.96. The fraction of sp³-hybridized carbons (Fsp3) is 0.231.